The summed E-state index contributed by atoms with van der Waals surface area (Å²) in [6.45, 7) is 5.82. The molecule has 3 rings (SSSR count). The zero-order valence-electron chi connectivity index (χ0n) is 15.8. The number of benzene rings is 2. The van der Waals surface area contributed by atoms with E-state index < -0.39 is 10.8 Å². The average molecular weight is 380 g/mol. The lowest BCUT2D eigenvalue weighted by Crippen LogP contribution is -2.15. The summed E-state index contributed by atoms with van der Waals surface area (Å²) in [7, 11) is 0. The average Bonchev–Trinajstić information content (AvgIpc) is 3.13. The van der Waals surface area contributed by atoms with Crippen molar-refractivity contribution >= 4 is 17.3 Å². The molecular weight excluding hydrogens is 360 g/mol. The van der Waals surface area contributed by atoms with E-state index in [9.17, 15) is 14.9 Å². The lowest BCUT2D eigenvalue weighted by Gasteiger charge is -2.10. The number of hydrogen-bond acceptors (Lipinski definition) is 5. The summed E-state index contributed by atoms with van der Waals surface area (Å²) in [5, 5.41) is 17.7. The third-order valence-corrected chi connectivity index (χ3v) is 4.24. The fraction of sp³-hybridized carbons (Fsp3) is 0.200. The third-order valence-electron chi connectivity index (χ3n) is 4.24. The molecule has 0 radical (unpaired) electrons. The van der Waals surface area contributed by atoms with Crippen LogP contribution in [0, 0.1) is 30.9 Å². The Morgan fingerprint density at radius 3 is 2.64 bits per heavy atom. The van der Waals surface area contributed by atoms with Crippen LogP contribution in [-0.4, -0.2) is 20.6 Å². The molecule has 0 saturated heterocycles. The van der Waals surface area contributed by atoms with E-state index in [4.69, 9.17) is 4.74 Å². The SMILES string of the molecule is Cc1ccc(C)c(OCn2ccc(C(=O)Nc3ccc([N+](=O)[O-])cc3C)n2)c1. The van der Waals surface area contributed by atoms with Crippen LogP contribution < -0.4 is 10.1 Å². The number of nitro benzene ring substituents is 1. The molecule has 3 aromatic rings. The summed E-state index contributed by atoms with van der Waals surface area (Å²) in [4.78, 5) is 22.7. The smallest absolute Gasteiger partial charge is 0.276 e. The Morgan fingerprint density at radius 1 is 1.14 bits per heavy atom. The molecule has 8 nitrogen and oxygen atoms in total. The van der Waals surface area contributed by atoms with E-state index >= 15 is 0 Å². The number of aromatic nitrogens is 2. The zero-order chi connectivity index (χ0) is 20.3. The van der Waals surface area contributed by atoms with Crippen molar-refractivity contribution < 1.29 is 14.5 Å². The van der Waals surface area contributed by atoms with Crippen molar-refractivity contribution in [1.29, 1.82) is 0 Å². The topological polar surface area (TPSA) is 99.3 Å². The molecule has 1 amide bonds. The van der Waals surface area contributed by atoms with Crippen molar-refractivity contribution in [2.24, 2.45) is 0 Å². The molecule has 0 unspecified atom stereocenters. The molecule has 1 N–H and O–H groups in total. The molecule has 0 spiro atoms. The first-order valence-electron chi connectivity index (χ1n) is 8.63. The van der Waals surface area contributed by atoms with Crippen molar-refractivity contribution in [2.75, 3.05) is 5.32 Å². The Hall–Kier alpha value is -3.68. The van der Waals surface area contributed by atoms with Crippen LogP contribution in [0.1, 0.15) is 27.2 Å². The molecule has 1 aromatic heterocycles. The minimum Gasteiger partial charge on any atom is -0.471 e. The number of nitro groups is 1. The first-order valence-corrected chi connectivity index (χ1v) is 8.63. The molecule has 0 fully saturated rings. The summed E-state index contributed by atoms with van der Waals surface area (Å²) in [6, 6.07) is 11.8. The maximum atomic E-state index is 12.4. The van der Waals surface area contributed by atoms with E-state index in [0.29, 0.717) is 11.3 Å². The van der Waals surface area contributed by atoms with Crippen LogP contribution in [0.3, 0.4) is 0 Å². The van der Waals surface area contributed by atoms with Crippen LogP contribution in [-0.2, 0) is 6.73 Å². The van der Waals surface area contributed by atoms with Gasteiger partial charge in [0.2, 0.25) is 0 Å². The van der Waals surface area contributed by atoms with Crippen molar-refractivity contribution in [3.63, 3.8) is 0 Å². The van der Waals surface area contributed by atoms with E-state index in [2.05, 4.69) is 10.4 Å². The van der Waals surface area contributed by atoms with E-state index in [0.717, 1.165) is 16.9 Å². The van der Waals surface area contributed by atoms with Crippen molar-refractivity contribution in [1.82, 2.24) is 9.78 Å². The highest BCUT2D eigenvalue weighted by atomic mass is 16.6. The number of ether oxygens (including phenoxy) is 1. The van der Waals surface area contributed by atoms with Gasteiger partial charge in [-0.25, -0.2) is 4.68 Å². The molecule has 1 heterocycles. The molecule has 0 saturated carbocycles. The number of aryl methyl sites for hydroxylation is 3. The van der Waals surface area contributed by atoms with E-state index in [-0.39, 0.29) is 18.1 Å². The number of non-ortho nitro benzene ring substituents is 1. The van der Waals surface area contributed by atoms with Gasteiger partial charge in [-0.15, -0.1) is 0 Å². The first kappa shape index (κ1) is 19.1. The van der Waals surface area contributed by atoms with Gasteiger partial charge in [-0.2, -0.15) is 5.10 Å². The summed E-state index contributed by atoms with van der Waals surface area (Å²) >= 11 is 0. The Morgan fingerprint density at radius 2 is 1.93 bits per heavy atom. The Kier molecular flexibility index (Phi) is 5.39. The number of nitrogens with zero attached hydrogens (tertiary/aromatic N) is 3. The number of carbonyl (C=O) groups excluding carboxylic acids is 1. The van der Waals surface area contributed by atoms with Crippen LogP contribution in [0.15, 0.2) is 48.7 Å². The van der Waals surface area contributed by atoms with Crippen molar-refractivity contribution in [2.45, 2.75) is 27.5 Å². The van der Waals surface area contributed by atoms with Gasteiger partial charge in [0.05, 0.1) is 4.92 Å². The Labute approximate surface area is 161 Å². The van der Waals surface area contributed by atoms with Gasteiger partial charge in [-0.05, 0) is 55.7 Å². The lowest BCUT2D eigenvalue weighted by atomic mass is 10.1. The number of anilines is 1. The van der Waals surface area contributed by atoms with Gasteiger partial charge in [-0.3, -0.25) is 14.9 Å². The van der Waals surface area contributed by atoms with Gasteiger partial charge in [0.25, 0.3) is 11.6 Å². The third kappa shape index (κ3) is 4.35. The highest BCUT2D eigenvalue weighted by molar-refractivity contribution is 6.03. The standard InChI is InChI=1S/C20H20N4O4/c1-13-4-5-14(2)19(10-13)28-12-23-9-8-18(22-23)20(25)21-17-7-6-16(24(26)27)11-15(17)3/h4-11H,12H2,1-3H3,(H,21,25). The summed E-state index contributed by atoms with van der Waals surface area (Å²) in [5.74, 6) is 0.366. The highest BCUT2D eigenvalue weighted by Gasteiger charge is 2.14. The molecule has 2 aromatic carbocycles. The summed E-state index contributed by atoms with van der Waals surface area (Å²) in [5.41, 5.74) is 3.41. The van der Waals surface area contributed by atoms with Crippen LogP contribution in [0.5, 0.6) is 5.75 Å². The second kappa shape index (κ2) is 7.91. The monoisotopic (exact) mass is 380 g/mol. The number of amides is 1. The first-order chi connectivity index (χ1) is 13.3. The van der Waals surface area contributed by atoms with Crippen LogP contribution in [0.2, 0.25) is 0 Å². The number of hydrogen-bond donors (Lipinski definition) is 1. The van der Waals surface area contributed by atoms with Crippen LogP contribution >= 0.6 is 0 Å². The predicted molar refractivity (Wildman–Crippen MR) is 105 cm³/mol. The fourth-order valence-corrected chi connectivity index (χ4v) is 2.64. The second-order valence-corrected chi connectivity index (χ2v) is 6.49. The van der Waals surface area contributed by atoms with E-state index in [1.54, 1.807) is 19.2 Å². The Bertz CT molecular complexity index is 1040. The van der Waals surface area contributed by atoms with Crippen LogP contribution in [0.25, 0.3) is 0 Å². The van der Waals surface area contributed by atoms with Gasteiger partial charge >= 0.3 is 0 Å². The van der Waals surface area contributed by atoms with Gasteiger partial charge in [0.1, 0.15) is 5.75 Å². The van der Waals surface area contributed by atoms with Gasteiger partial charge < -0.3 is 10.1 Å². The van der Waals surface area contributed by atoms with Gasteiger partial charge in [0, 0.05) is 24.0 Å². The van der Waals surface area contributed by atoms with E-state index in [1.807, 2.05) is 32.0 Å². The summed E-state index contributed by atoms with van der Waals surface area (Å²) in [6.07, 6.45) is 1.66. The Balaban J connectivity index is 1.65. The minimum absolute atomic E-state index is 0.0247. The fourth-order valence-electron chi connectivity index (χ4n) is 2.64. The molecule has 0 aliphatic heterocycles. The minimum atomic E-state index is -0.476. The van der Waals surface area contributed by atoms with Crippen LogP contribution in [0.4, 0.5) is 11.4 Å². The lowest BCUT2D eigenvalue weighted by molar-refractivity contribution is -0.384. The quantitative estimate of drug-likeness (QED) is 0.515. The maximum Gasteiger partial charge on any atom is 0.276 e. The molecule has 144 valence electrons. The number of carbonyl (C=O) groups is 1. The molecule has 0 atom stereocenters. The number of rotatable bonds is 6. The molecule has 28 heavy (non-hydrogen) atoms. The van der Waals surface area contributed by atoms with E-state index in [1.165, 1.54) is 22.9 Å². The maximum absolute atomic E-state index is 12.4. The van der Waals surface area contributed by atoms with Gasteiger partial charge in [-0.1, -0.05) is 12.1 Å². The molecule has 0 aliphatic rings. The number of nitrogens with one attached hydrogen (secondary N) is 1. The van der Waals surface area contributed by atoms with Gasteiger partial charge in [0.15, 0.2) is 12.4 Å². The molecule has 8 heteroatoms. The largest absolute Gasteiger partial charge is 0.471 e. The molecule has 0 aliphatic carbocycles. The molecule has 0 bridgehead atoms. The summed E-state index contributed by atoms with van der Waals surface area (Å²) < 4.78 is 7.30. The second-order valence-electron chi connectivity index (χ2n) is 6.49. The molecular formula is C20H20N4O4. The predicted octanol–water partition coefficient (Wildman–Crippen LogP) is 4.01. The normalized spacial score (nSPS) is 10.5. The van der Waals surface area contributed by atoms with Crippen molar-refractivity contribution in [3.8, 4) is 5.75 Å². The zero-order valence-corrected chi connectivity index (χ0v) is 15.8. The van der Waals surface area contributed by atoms with Crippen molar-refractivity contribution in [3.05, 3.63) is 81.2 Å². The highest BCUT2D eigenvalue weighted by Crippen LogP contribution is 2.22.